The second kappa shape index (κ2) is 8.57. The maximum absolute atomic E-state index is 6.40. The molecule has 2 aliphatic heterocycles. The second-order valence-electron chi connectivity index (χ2n) is 7.30. The lowest BCUT2D eigenvalue weighted by atomic mass is 9.96. The van der Waals surface area contributed by atoms with Gasteiger partial charge >= 0.3 is 0 Å². The molecule has 0 unspecified atom stereocenters. The molecule has 0 spiro atoms. The van der Waals surface area contributed by atoms with Crippen molar-refractivity contribution >= 4 is 35.1 Å². The fourth-order valence-electron chi connectivity index (χ4n) is 4.24. The van der Waals surface area contributed by atoms with E-state index >= 15 is 0 Å². The van der Waals surface area contributed by atoms with E-state index in [0.29, 0.717) is 6.04 Å². The summed E-state index contributed by atoms with van der Waals surface area (Å²) in [6.45, 7) is 6.40. The number of hydrogen-bond acceptors (Lipinski definition) is 2. The zero-order chi connectivity index (χ0) is 17.9. The van der Waals surface area contributed by atoms with Gasteiger partial charge in [-0.05, 0) is 36.1 Å². The Morgan fingerprint density at radius 1 is 1.08 bits per heavy atom. The Balaban J connectivity index is 1.60. The van der Waals surface area contributed by atoms with Crippen LogP contribution in [0.5, 0.6) is 0 Å². The van der Waals surface area contributed by atoms with Crippen molar-refractivity contribution in [1.29, 1.82) is 0 Å². The van der Waals surface area contributed by atoms with E-state index in [2.05, 4.69) is 42.7 Å². The minimum Gasteiger partial charge on any atom is -0.325 e. The summed E-state index contributed by atoms with van der Waals surface area (Å²) in [5.41, 5.74) is 2.93. The molecule has 26 heavy (non-hydrogen) atoms. The first-order valence-electron chi connectivity index (χ1n) is 9.47. The molecule has 0 aliphatic carbocycles. The number of hydrogen-bond donors (Lipinski definition) is 2. The zero-order valence-corrected chi connectivity index (χ0v) is 17.7. The molecular weight excluding hydrogens is 380 g/mol. The fourth-order valence-corrected chi connectivity index (χ4v) is 6.03. The second-order valence-corrected chi connectivity index (χ2v) is 9.81. The van der Waals surface area contributed by atoms with Crippen molar-refractivity contribution in [1.82, 2.24) is 0 Å². The van der Waals surface area contributed by atoms with Gasteiger partial charge in [-0.25, -0.2) is 0 Å². The highest BCUT2D eigenvalue weighted by molar-refractivity contribution is 7.99. The molecule has 2 N–H and O–H groups in total. The van der Waals surface area contributed by atoms with E-state index in [0.717, 1.165) is 11.4 Å². The van der Waals surface area contributed by atoms with E-state index in [1.807, 2.05) is 29.6 Å². The molecule has 2 aromatic rings. The lowest BCUT2D eigenvalue weighted by molar-refractivity contribution is -1.03. The molecule has 2 nitrogen and oxygen atoms in total. The first kappa shape index (κ1) is 18.7. The Morgan fingerprint density at radius 2 is 1.88 bits per heavy atom. The predicted octanol–water partition coefficient (Wildman–Crippen LogP) is 2.23. The van der Waals surface area contributed by atoms with Gasteiger partial charge in [-0.1, -0.05) is 41.6 Å². The summed E-state index contributed by atoms with van der Waals surface area (Å²) in [6.07, 6.45) is 3.33. The zero-order valence-electron chi connectivity index (χ0n) is 15.3. The van der Waals surface area contributed by atoms with E-state index in [9.17, 15) is 0 Å². The normalized spacial score (nSPS) is 25.2. The van der Waals surface area contributed by atoms with Crippen molar-refractivity contribution in [2.45, 2.75) is 22.3 Å². The van der Waals surface area contributed by atoms with Crippen LogP contribution < -0.4 is 9.80 Å². The Labute approximate surface area is 170 Å². The van der Waals surface area contributed by atoms with Crippen molar-refractivity contribution in [3.63, 3.8) is 0 Å². The van der Waals surface area contributed by atoms with Crippen LogP contribution in [0.4, 0.5) is 0 Å². The molecule has 1 atom stereocenters. The molecule has 0 radical (unpaired) electrons. The largest absolute Gasteiger partial charge is 0.325 e. The van der Waals surface area contributed by atoms with Crippen molar-refractivity contribution in [2.75, 3.05) is 44.7 Å². The SMILES string of the molecule is CSCC[NH+]1CC[NH+]([C@H]2Cc3ccccc3Sc3ccc(Cl)cc32)CC1. The minimum absolute atomic E-state index is 0.516. The Bertz CT molecular complexity index is 759. The molecule has 0 saturated carbocycles. The maximum atomic E-state index is 6.40. The van der Waals surface area contributed by atoms with Crippen molar-refractivity contribution in [2.24, 2.45) is 0 Å². The van der Waals surface area contributed by atoms with Crippen molar-refractivity contribution in [3.05, 3.63) is 58.6 Å². The third kappa shape index (κ3) is 4.10. The lowest BCUT2D eigenvalue weighted by Gasteiger charge is -2.35. The van der Waals surface area contributed by atoms with Gasteiger partial charge in [-0.15, -0.1) is 0 Å². The monoisotopic (exact) mass is 406 g/mol. The minimum atomic E-state index is 0.516. The number of halogens is 1. The van der Waals surface area contributed by atoms with Gasteiger partial charge in [0.05, 0.1) is 6.54 Å². The van der Waals surface area contributed by atoms with Crippen LogP contribution in [0.2, 0.25) is 5.02 Å². The number of quaternary nitrogens is 2. The van der Waals surface area contributed by atoms with Gasteiger partial charge in [-0.3, -0.25) is 0 Å². The molecule has 5 heteroatoms. The molecule has 1 fully saturated rings. The number of nitrogens with one attached hydrogen (secondary N) is 2. The summed E-state index contributed by atoms with van der Waals surface area (Å²) < 4.78 is 0. The van der Waals surface area contributed by atoms with Gasteiger partial charge in [0.25, 0.3) is 0 Å². The van der Waals surface area contributed by atoms with Gasteiger partial charge in [0, 0.05) is 32.6 Å². The molecule has 4 rings (SSSR count). The van der Waals surface area contributed by atoms with E-state index in [4.69, 9.17) is 11.6 Å². The van der Waals surface area contributed by atoms with Gasteiger partial charge in [0.15, 0.2) is 0 Å². The van der Waals surface area contributed by atoms with Crippen molar-refractivity contribution < 1.29 is 9.80 Å². The third-order valence-corrected chi connectivity index (χ3v) is 7.77. The Morgan fingerprint density at radius 3 is 2.69 bits per heavy atom. The summed E-state index contributed by atoms with van der Waals surface area (Å²) in [5, 5.41) is 0.865. The maximum Gasteiger partial charge on any atom is 0.128 e. The topological polar surface area (TPSA) is 8.88 Å². The summed E-state index contributed by atoms with van der Waals surface area (Å²) in [7, 11) is 0. The summed E-state index contributed by atoms with van der Waals surface area (Å²) in [4.78, 5) is 6.30. The summed E-state index contributed by atoms with van der Waals surface area (Å²) in [6, 6.07) is 15.9. The van der Waals surface area contributed by atoms with Crippen LogP contribution in [0, 0.1) is 0 Å². The van der Waals surface area contributed by atoms with Crippen LogP contribution in [-0.2, 0) is 6.42 Å². The average Bonchev–Trinajstić information content (AvgIpc) is 2.83. The van der Waals surface area contributed by atoms with Crippen LogP contribution in [0.1, 0.15) is 17.2 Å². The molecule has 2 heterocycles. The molecule has 0 bridgehead atoms. The molecule has 1 saturated heterocycles. The molecule has 2 aliphatic rings. The van der Waals surface area contributed by atoms with Crippen LogP contribution in [0.25, 0.3) is 0 Å². The Hall–Kier alpha value is -0.650. The first-order chi connectivity index (χ1) is 12.7. The number of rotatable bonds is 4. The highest BCUT2D eigenvalue weighted by Gasteiger charge is 2.34. The van der Waals surface area contributed by atoms with E-state index in [1.165, 1.54) is 59.4 Å². The Kier molecular flexibility index (Phi) is 6.17. The summed E-state index contributed by atoms with van der Waals surface area (Å²) >= 11 is 10.3. The average molecular weight is 407 g/mol. The highest BCUT2D eigenvalue weighted by atomic mass is 35.5. The van der Waals surface area contributed by atoms with Gasteiger partial charge in [0.2, 0.25) is 0 Å². The third-order valence-electron chi connectivity index (χ3n) is 5.72. The predicted molar refractivity (Wildman–Crippen MR) is 113 cm³/mol. The van der Waals surface area contributed by atoms with Gasteiger partial charge in [-0.2, -0.15) is 11.8 Å². The van der Waals surface area contributed by atoms with E-state index < -0.39 is 0 Å². The molecule has 0 aromatic heterocycles. The van der Waals surface area contributed by atoms with Crippen LogP contribution in [0.15, 0.2) is 52.3 Å². The summed E-state index contributed by atoms with van der Waals surface area (Å²) in [5.74, 6) is 1.27. The first-order valence-corrected chi connectivity index (χ1v) is 12.1. The lowest BCUT2D eigenvalue weighted by Crippen LogP contribution is -3.28. The molecule has 0 amide bonds. The van der Waals surface area contributed by atoms with E-state index in [-0.39, 0.29) is 0 Å². The number of fused-ring (bicyclic) bond motifs is 2. The quantitative estimate of drug-likeness (QED) is 0.805. The van der Waals surface area contributed by atoms with Gasteiger partial charge < -0.3 is 9.80 Å². The molecular formula is C21H27ClN2S2+2. The van der Waals surface area contributed by atoms with Crippen LogP contribution in [0.3, 0.4) is 0 Å². The smallest absolute Gasteiger partial charge is 0.128 e. The van der Waals surface area contributed by atoms with Crippen LogP contribution >= 0.6 is 35.1 Å². The highest BCUT2D eigenvalue weighted by Crippen LogP contribution is 2.40. The van der Waals surface area contributed by atoms with Crippen molar-refractivity contribution in [3.8, 4) is 0 Å². The molecule has 2 aromatic carbocycles. The molecule has 138 valence electrons. The van der Waals surface area contributed by atoms with Crippen LogP contribution in [-0.4, -0.2) is 44.7 Å². The number of piperazine rings is 1. The number of benzene rings is 2. The number of thioether (sulfide) groups is 1. The standard InChI is InChI=1S/C21H25ClN2S2/c1-25-13-12-23-8-10-24(11-9-23)19-14-16-4-2-3-5-20(16)26-21-7-6-17(22)15-18(19)21/h2-7,15,19H,8-14H2,1H3/p+2/t19-/m0/s1. The van der Waals surface area contributed by atoms with Gasteiger partial charge in [0.1, 0.15) is 32.2 Å². The van der Waals surface area contributed by atoms with E-state index in [1.54, 1.807) is 9.80 Å². The fraction of sp³-hybridized carbons (Fsp3) is 0.429.